The number of amides is 5. The number of aliphatic hydroxyl groups is 6. The van der Waals surface area contributed by atoms with E-state index in [1.165, 1.54) is 27.7 Å². The molecule has 0 aromatic heterocycles. The molecule has 16 nitrogen and oxygen atoms in total. The van der Waals surface area contributed by atoms with Gasteiger partial charge in [0.15, 0.2) is 0 Å². The number of rotatable bonds is 16. The Labute approximate surface area is 280 Å². The standard InChI is InChI=1S/C29H47N5O11S2/c1-29(2,3)47-46-13-17(27(44)32-12-22(30)39)34-28(45)16(33-26(43)15-10-20(37)24(41)21(38)11-15)6-4-5-7-31-25(42)14-8-18(35)23(40)19(36)9-14/h8,10,16-21,23-24,35-38,40-41H,4-7,9,11-13H2,1-3H3,(H2,30,39)(H,31,42)(H,32,44)(H,33,43)(H,34,45)/t16-,17-,18+,19+,20+,21+,23+,24+/m0/s1. The van der Waals surface area contributed by atoms with Crippen LogP contribution in [0.3, 0.4) is 0 Å². The van der Waals surface area contributed by atoms with Gasteiger partial charge >= 0.3 is 0 Å². The summed E-state index contributed by atoms with van der Waals surface area (Å²) in [4.78, 5) is 63.2. The zero-order valence-electron chi connectivity index (χ0n) is 26.5. The van der Waals surface area contributed by atoms with Crippen LogP contribution in [-0.4, -0.2) is 132 Å². The van der Waals surface area contributed by atoms with Crippen molar-refractivity contribution < 1.29 is 54.6 Å². The molecule has 0 bridgehead atoms. The van der Waals surface area contributed by atoms with Crippen LogP contribution in [0.5, 0.6) is 0 Å². The Balaban J connectivity index is 2.12. The van der Waals surface area contributed by atoms with E-state index < -0.39 is 84.8 Å². The van der Waals surface area contributed by atoms with E-state index in [9.17, 15) is 54.6 Å². The maximum atomic E-state index is 13.5. The Bertz CT molecular complexity index is 1200. The van der Waals surface area contributed by atoms with Crippen molar-refractivity contribution in [3.8, 4) is 0 Å². The van der Waals surface area contributed by atoms with Crippen molar-refractivity contribution in [3.05, 3.63) is 23.3 Å². The van der Waals surface area contributed by atoms with Crippen LogP contribution in [0.4, 0.5) is 0 Å². The summed E-state index contributed by atoms with van der Waals surface area (Å²) >= 11 is 0. The predicted octanol–water partition coefficient (Wildman–Crippen LogP) is -3.15. The molecule has 0 saturated heterocycles. The fourth-order valence-electron chi connectivity index (χ4n) is 4.57. The first-order chi connectivity index (χ1) is 21.9. The molecule has 2 rings (SSSR count). The van der Waals surface area contributed by atoms with Crippen molar-refractivity contribution in [1.29, 1.82) is 0 Å². The summed E-state index contributed by atoms with van der Waals surface area (Å²) in [6.07, 6.45) is -5.97. The third kappa shape index (κ3) is 13.7. The highest BCUT2D eigenvalue weighted by Crippen LogP contribution is 2.35. The number of carbonyl (C=O) groups is 5. The van der Waals surface area contributed by atoms with E-state index in [-0.39, 0.29) is 53.9 Å². The number of carbonyl (C=O) groups excluding carboxylic acids is 5. The van der Waals surface area contributed by atoms with Gasteiger partial charge in [-0.3, -0.25) is 24.0 Å². The highest BCUT2D eigenvalue weighted by molar-refractivity contribution is 8.77. The monoisotopic (exact) mass is 705 g/mol. The lowest BCUT2D eigenvalue weighted by Gasteiger charge is -2.28. The molecule has 0 radical (unpaired) electrons. The summed E-state index contributed by atoms with van der Waals surface area (Å²) in [6.45, 7) is 5.59. The molecule has 8 atom stereocenters. The molecule has 0 fully saturated rings. The normalized spacial score (nSPS) is 25.8. The Morgan fingerprint density at radius 3 is 1.87 bits per heavy atom. The minimum Gasteiger partial charge on any atom is -0.390 e. The average molecular weight is 706 g/mol. The molecule has 266 valence electrons. The Morgan fingerprint density at radius 1 is 0.809 bits per heavy atom. The maximum Gasteiger partial charge on any atom is 0.247 e. The van der Waals surface area contributed by atoms with Gasteiger partial charge in [-0.15, -0.1) is 0 Å². The highest BCUT2D eigenvalue weighted by atomic mass is 33.1. The molecular formula is C29H47N5O11S2. The van der Waals surface area contributed by atoms with E-state index in [0.717, 1.165) is 6.08 Å². The number of aliphatic hydroxyl groups excluding tert-OH is 6. The number of unbranched alkanes of at least 4 members (excludes halogenated alkanes) is 1. The fraction of sp³-hybridized carbons (Fsp3) is 0.690. The van der Waals surface area contributed by atoms with E-state index in [1.54, 1.807) is 0 Å². The SMILES string of the molecule is CC(C)(C)SSC[C@H](NC(=O)[C@H](CCCCNC(=O)C1=C[C@@H](O)[C@@H](O)[C@H](O)C1)NC(=O)C1=C[C@@H](O)[C@@H](O)[C@H](O)C1)C(=O)NCC(N)=O. The molecule has 0 aromatic rings. The molecule has 2 aliphatic rings. The molecule has 0 saturated carbocycles. The maximum absolute atomic E-state index is 13.5. The molecule has 0 heterocycles. The first kappa shape index (κ1) is 40.5. The smallest absolute Gasteiger partial charge is 0.247 e. The van der Waals surface area contributed by atoms with E-state index >= 15 is 0 Å². The first-order valence-electron chi connectivity index (χ1n) is 15.2. The van der Waals surface area contributed by atoms with Crippen molar-refractivity contribution in [2.75, 3.05) is 18.8 Å². The second-order valence-electron chi connectivity index (χ2n) is 12.4. The molecule has 18 heteroatoms. The van der Waals surface area contributed by atoms with Gasteiger partial charge in [0, 0.05) is 41.0 Å². The molecule has 0 aliphatic heterocycles. The number of nitrogens with two attached hydrogens (primary N) is 1. The van der Waals surface area contributed by atoms with Crippen LogP contribution >= 0.6 is 21.6 Å². The summed E-state index contributed by atoms with van der Waals surface area (Å²) in [5.74, 6) is -3.38. The third-order valence-corrected chi connectivity index (χ3v) is 10.5. The van der Waals surface area contributed by atoms with Gasteiger partial charge in [-0.1, -0.05) is 42.4 Å². The molecule has 2 aliphatic carbocycles. The quantitative estimate of drug-likeness (QED) is 0.0560. The summed E-state index contributed by atoms with van der Waals surface area (Å²) < 4.78 is -0.167. The van der Waals surface area contributed by atoms with Gasteiger partial charge in [0.05, 0.1) is 18.8 Å². The zero-order valence-corrected chi connectivity index (χ0v) is 28.2. The second-order valence-corrected chi connectivity index (χ2v) is 15.6. The van der Waals surface area contributed by atoms with Crippen LogP contribution in [0.25, 0.3) is 0 Å². The highest BCUT2D eigenvalue weighted by Gasteiger charge is 2.34. The van der Waals surface area contributed by atoms with Crippen LogP contribution in [0.2, 0.25) is 0 Å². The Morgan fingerprint density at radius 2 is 1.36 bits per heavy atom. The van der Waals surface area contributed by atoms with E-state index in [0.29, 0.717) is 6.42 Å². The van der Waals surface area contributed by atoms with Crippen molar-refractivity contribution in [2.45, 2.75) is 106 Å². The van der Waals surface area contributed by atoms with Gasteiger partial charge in [0.25, 0.3) is 0 Å². The molecule has 0 spiro atoms. The summed E-state index contributed by atoms with van der Waals surface area (Å²) in [5.41, 5.74) is 5.20. The van der Waals surface area contributed by atoms with Crippen molar-refractivity contribution >= 4 is 51.1 Å². The first-order valence-corrected chi connectivity index (χ1v) is 17.5. The van der Waals surface area contributed by atoms with Gasteiger partial charge in [-0.2, -0.15) is 0 Å². The van der Waals surface area contributed by atoms with Crippen LogP contribution in [0.1, 0.15) is 52.9 Å². The number of hydrogen-bond acceptors (Lipinski definition) is 13. The summed E-state index contributed by atoms with van der Waals surface area (Å²) in [5, 5.41) is 69.3. The Hall–Kier alpha value is -2.71. The summed E-state index contributed by atoms with van der Waals surface area (Å²) in [7, 11) is 2.79. The lowest BCUT2D eigenvalue weighted by Crippen LogP contribution is -2.55. The van der Waals surface area contributed by atoms with Crippen molar-refractivity contribution in [3.63, 3.8) is 0 Å². The largest absolute Gasteiger partial charge is 0.390 e. The Kier molecular flexibility index (Phi) is 16.1. The van der Waals surface area contributed by atoms with Crippen LogP contribution < -0.4 is 27.0 Å². The van der Waals surface area contributed by atoms with Crippen LogP contribution in [0.15, 0.2) is 23.3 Å². The van der Waals surface area contributed by atoms with Gasteiger partial charge in [0.1, 0.15) is 36.5 Å². The van der Waals surface area contributed by atoms with Crippen molar-refractivity contribution in [2.24, 2.45) is 5.73 Å². The number of primary amides is 1. The van der Waals surface area contributed by atoms with E-state index in [4.69, 9.17) is 5.73 Å². The molecule has 12 N–H and O–H groups in total. The fourth-order valence-corrected chi connectivity index (χ4v) is 7.04. The van der Waals surface area contributed by atoms with Crippen LogP contribution in [0, 0.1) is 0 Å². The van der Waals surface area contributed by atoms with Gasteiger partial charge in [0.2, 0.25) is 29.5 Å². The van der Waals surface area contributed by atoms with E-state index in [1.807, 2.05) is 20.8 Å². The van der Waals surface area contributed by atoms with Crippen molar-refractivity contribution in [1.82, 2.24) is 21.3 Å². The molecule has 0 aromatic carbocycles. The average Bonchev–Trinajstić information content (AvgIpc) is 2.98. The predicted molar refractivity (Wildman–Crippen MR) is 174 cm³/mol. The number of hydrogen-bond donors (Lipinski definition) is 11. The third-order valence-electron chi connectivity index (χ3n) is 7.11. The minimum atomic E-state index is -1.50. The van der Waals surface area contributed by atoms with Crippen LogP contribution in [-0.2, 0) is 24.0 Å². The zero-order chi connectivity index (χ0) is 35.5. The lowest BCUT2D eigenvalue weighted by atomic mass is 9.91. The van der Waals surface area contributed by atoms with E-state index in [2.05, 4.69) is 21.3 Å². The van der Waals surface area contributed by atoms with Gasteiger partial charge < -0.3 is 57.6 Å². The minimum absolute atomic E-state index is 0.0419. The topological polar surface area (TPSA) is 281 Å². The molecule has 0 unspecified atom stereocenters. The molecule has 5 amide bonds. The summed E-state index contributed by atoms with van der Waals surface area (Å²) in [6, 6.07) is -2.32. The van der Waals surface area contributed by atoms with Gasteiger partial charge in [-0.25, -0.2) is 0 Å². The van der Waals surface area contributed by atoms with Gasteiger partial charge in [-0.05, 0) is 31.4 Å². The molecule has 47 heavy (non-hydrogen) atoms. The lowest BCUT2D eigenvalue weighted by molar-refractivity contribution is -0.131. The number of nitrogens with one attached hydrogen (secondary N) is 4. The molecular weight excluding hydrogens is 658 g/mol. The second kappa shape index (κ2) is 18.7.